The number of rotatable bonds is 1. The number of halogens is 1. The van der Waals surface area contributed by atoms with E-state index in [4.69, 9.17) is 20.9 Å². The van der Waals surface area contributed by atoms with Crippen molar-refractivity contribution in [2.75, 3.05) is 7.11 Å². The van der Waals surface area contributed by atoms with Gasteiger partial charge in [-0.25, -0.2) is 4.98 Å². The molecule has 0 fully saturated rings. The molecule has 0 amide bonds. The minimum Gasteiger partial charge on any atom is -0.481 e. The van der Waals surface area contributed by atoms with Gasteiger partial charge in [0.1, 0.15) is 5.15 Å². The number of methoxy groups -OCH3 is 1. The molecule has 0 bridgehead atoms. The predicted octanol–water partition coefficient (Wildman–Crippen LogP) is 2.19. The average molecular weight is 199 g/mol. The second-order valence-electron chi connectivity index (χ2n) is 2.60. The molecule has 0 unspecified atom stereocenters. The van der Waals surface area contributed by atoms with Crippen molar-refractivity contribution in [1.82, 2.24) is 10.1 Å². The summed E-state index contributed by atoms with van der Waals surface area (Å²) >= 11 is 5.90. The molecule has 0 saturated heterocycles. The predicted molar refractivity (Wildman–Crippen MR) is 48.1 cm³/mol. The topological polar surface area (TPSA) is 48.2 Å². The van der Waals surface area contributed by atoms with Gasteiger partial charge < -0.3 is 9.26 Å². The van der Waals surface area contributed by atoms with Crippen molar-refractivity contribution in [3.8, 4) is 5.88 Å². The Morgan fingerprint density at radius 2 is 2.31 bits per heavy atom. The van der Waals surface area contributed by atoms with E-state index in [1.807, 2.05) is 6.92 Å². The zero-order valence-electron chi connectivity index (χ0n) is 7.17. The van der Waals surface area contributed by atoms with Crippen LogP contribution in [0.2, 0.25) is 5.15 Å². The van der Waals surface area contributed by atoms with Gasteiger partial charge in [-0.2, -0.15) is 0 Å². The highest BCUT2D eigenvalue weighted by Gasteiger charge is 2.11. The molecule has 5 heteroatoms. The molecule has 2 heterocycles. The Kier molecular flexibility index (Phi) is 1.84. The lowest BCUT2D eigenvalue weighted by Gasteiger charge is -1.98. The van der Waals surface area contributed by atoms with E-state index in [2.05, 4.69) is 10.1 Å². The lowest BCUT2D eigenvalue weighted by molar-refractivity contribution is 0.395. The molecule has 13 heavy (non-hydrogen) atoms. The summed E-state index contributed by atoms with van der Waals surface area (Å²) in [5.74, 6) is 0.425. The first-order valence-corrected chi connectivity index (χ1v) is 4.06. The van der Waals surface area contributed by atoms with Gasteiger partial charge in [0, 0.05) is 6.07 Å². The van der Waals surface area contributed by atoms with Crippen LogP contribution in [0.25, 0.3) is 11.0 Å². The lowest BCUT2D eigenvalue weighted by atomic mass is 10.3. The molecule has 68 valence electrons. The smallest absolute Gasteiger partial charge is 0.218 e. The molecule has 0 saturated carbocycles. The minimum atomic E-state index is 0.355. The van der Waals surface area contributed by atoms with Crippen LogP contribution in [0.3, 0.4) is 0 Å². The first kappa shape index (κ1) is 8.31. The van der Waals surface area contributed by atoms with Gasteiger partial charge in [-0.3, -0.25) is 0 Å². The zero-order chi connectivity index (χ0) is 9.42. The first-order valence-electron chi connectivity index (χ1n) is 3.69. The van der Waals surface area contributed by atoms with Crippen molar-refractivity contribution in [2.45, 2.75) is 6.92 Å². The van der Waals surface area contributed by atoms with Gasteiger partial charge >= 0.3 is 0 Å². The third kappa shape index (κ3) is 1.23. The molecule has 0 aliphatic carbocycles. The molecule has 2 rings (SSSR count). The first-order chi connectivity index (χ1) is 6.22. The summed E-state index contributed by atoms with van der Waals surface area (Å²) in [4.78, 5) is 4.00. The van der Waals surface area contributed by atoms with Crippen molar-refractivity contribution in [3.05, 3.63) is 16.9 Å². The third-order valence-electron chi connectivity index (χ3n) is 1.77. The fraction of sp³-hybridized carbons (Fsp3) is 0.250. The van der Waals surface area contributed by atoms with Crippen molar-refractivity contribution in [3.63, 3.8) is 0 Å². The zero-order valence-corrected chi connectivity index (χ0v) is 7.92. The van der Waals surface area contributed by atoms with E-state index < -0.39 is 0 Å². The fourth-order valence-electron chi connectivity index (χ4n) is 1.14. The summed E-state index contributed by atoms with van der Waals surface area (Å²) < 4.78 is 9.95. The Labute approximate surface area is 79.4 Å². The van der Waals surface area contributed by atoms with E-state index in [1.54, 1.807) is 6.07 Å². The van der Waals surface area contributed by atoms with Crippen molar-refractivity contribution in [2.24, 2.45) is 0 Å². The van der Waals surface area contributed by atoms with Crippen LogP contribution in [0.5, 0.6) is 5.88 Å². The fourth-order valence-corrected chi connectivity index (χ4v) is 1.45. The number of fused-ring (bicyclic) bond motifs is 1. The van der Waals surface area contributed by atoms with Gasteiger partial charge in [0.15, 0.2) is 5.58 Å². The van der Waals surface area contributed by atoms with Gasteiger partial charge in [0.05, 0.1) is 18.2 Å². The van der Waals surface area contributed by atoms with Crippen LogP contribution in [0.15, 0.2) is 10.6 Å². The molecule has 0 radical (unpaired) electrons. The Morgan fingerprint density at radius 1 is 1.54 bits per heavy atom. The molecule has 2 aromatic rings. The maximum absolute atomic E-state index is 5.90. The van der Waals surface area contributed by atoms with Crippen LogP contribution >= 0.6 is 11.6 Å². The van der Waals surface area contributed by atoms with Crippen LogP contribution in [-0.4, -0.2) is 17.3 Å². The van der Waals surface area contributed by atoms with Gasteiger partial charge in [-0.05, 0) is 6.92 Å². The van der Waals surface area contributed by atoms with Gasteiger partial charge in [-0.15, -0.1) is 0 Å². The van der Waals surface area contributed by atoms with Crippen LogP contribution in [0.1, 0.15) is 5.69 Å². The molecule has 0 aliphatic heterocycles. The molecule has 0 N–H and O–H groups in total. The summed E-state index contributed by atoms with van der Waals surface area (Å²) in [6, 6.07) is 1.65. The maximum Gasteiger partial charge on any atom is 0.218 e. The van der Waals surface area contributed by atoms with Gasteiger partial charge in [0.25, 0.3) is 0 Å². The Hall–Kier alpha value is -1.29. The normalized spacial score (nSPS) is 10.7. The second kappa shape index (κ2) is 2.88. The number of hydrogen-bond donors (Lipinski definition) is 0. The second-order valence-corrected chi connectivity index (χ2v) is 2.95. The quantitative estimate of drug-likeness (QED) is 0.659. The standard InChI is InChI=1S/C8H7ClN2O2/c1-4-7-5(13-11-4)3-6(12-2)10-8(7)9/h3H,1-2H3. The molecule has 0 atom stereocenters. The van der Waals surface area contributed by atoms with Crippen molar-refractivity contribution in [1.29, 1.82) is 0 Å². The molecule has 4 nitrogen and oxygen atoms in total. The number of hydrogen-bond acceptors (Lipinski definition) is 4. The number of nitrogens with zero attached hydrogens (tertiary/aromatic N) is 2. The lowest BCUT2D eigenvalue weighted by Crippen LogP contribution is -1.87. The van der Waals surface area contributed by atoms with E-state index >= 15 is 0 Å². The Bertz CT molecular complexity index is 453. The number of ether oxygens (including phenoxy) is 1. The van der Waals surface area contributed by atoms with Crippen molar-refractivity contribution < 1.29 is 9.26 Å². The summed E-state index contributed by atoms with van der Waals surface area (Å²) in [7, 11) is 1.52. The Morgan fingerprint density at radius 3 is 3.00 bits per heavy atom. The number of aromatic nitrogens is 2. The summed E-state index contributed by atoms with van der Waals surface area (Å²) in [6.07, 6.45) is 0. The molecule has 0 aliphatic rings. The minimum absolute atomic E-state index is 0.355. The van der Waals surface area contributed by atoms with Gasteiger partial charge in [0.2, 0.25) is 5.88 Å². The molecular weight excluding hydrogens is 192 g/mol. The third-order valence-corrected chi connectivity index (χ3v) is 2.04. The monoisotopic (exact) mass is 198 g/mol. The number of pyridine rings is 1. The van der Waals surface area contributed by atoms with Crippen LogP contribution in [0.4, 0.5) is 0 Å². The van der Waals surface area contributed by atoms with Gasteiger partial charge in [-0.1, -0.05) is 16.8 Å². The molecular formula is C8H7ClN2O2. The Balaban J connectivity index is 2.79. The maximum atomic E-state index is 5.90. The highest BCUT2D eigenvalue weighted by Crippen LogP contribution is 2.27. The highest BCUT2D eigenvalue weighted by molar-refractivity contribution is 6.34. The average Bonchev–Trinajstić information content (AvgIpc) is 2.48. The van der Waals surface area contributed by atoms with Crippen LogP contribution < -0.4 is 4.74 Å². The number of aryl methyl sites for hydroxylation is 1. The SMILES string of the molecule is COc1cc2onc(C)c2c(Cl)n1. The molecule has 0 spiro atoms. The van der Waals surface area contributed by atoms with E-state index in [0.29, 0.717) is 16.6 Å². The van der Waals surface area contributed by atoms with Crippen LogP contribution in [0, 0.1) is 6.92 Å². The highest BCUT2D eigenvalue weighted by atomic mass is 35.5. The van der Waals surface area contributed by atoms with Crippen molar-refractivity contribution >= 4 is 22.6 Å². The summed E-state index contributed by atoms with van der Waals surface area (Å²) in [5, 5.41) is 4.87. The van der Waals surface area contributed by atoms with E-state index in [1.165, 1.54) is 7.11 Å². The van der Waals surface area contributed by atoms with E-state index in [9.17, 15) is 0 Å². The molecule has 2 aromatic heterocycles. The summed E-state index contributed by atoms with van der Waals surface area (Å²) in [6.45, 7) is 1.81. The summed E-state index contributed by atoms with van der Waals surface area (Å²) in [5.41, 5.74) is 1.32. The van der Waals surface area contributed by atoms with Crippen LogP contribution in [-0.2, 0) is 0 Å². The van der Waals surface area contributed by atoms with E-state index in [0.717, 1.165) is 11.1 Å². The van der Waals surface area contributed by atoms with E-state index in [-0.39, 0.29) is 0 Å². The largest absolute Gasteiger partial charge is 0.481 e. The molecule has 0 aromatic carbocycles.